The van der Waals surface area contributed by atoms with E-state index in [-0.39, 0.29) is 18.2 Å². The van der Waals surface area contributed by atoms with Crippen molar-refractivity contribution in [3.63, 3.8) is 0 Å². The first-order chi connectivity index (χ1) is 9.15. The Kier molecular flexibility index (Phi) is 5.19. The maximum atomic E-state index is 12.2. The van der Waals surface area contributed by atoms with Gasteiger partial charge in [-0.2, -0.15) is 0 Å². The molecule has 2 heterocycles. The van der Waals surface area contributed by atoms with Crippen molar-refractivity contribution in [2.75, 3.05) is 26.2 Å². The third kappa shape index (κ3) is 4.49. The van der Waals surface area contributed by atoms with Crippen LogP contribution in [-0.4, -0.2) is 48.1 Å². The van der Waals surface area contributed by atoms with E-state index in [2.05, 4.69) is 5.32 Å². The van der Waals surface area contributed by atoms with Gasteiger partial charge in [-0.3, -0.25) is 9.59 Å². The van der Waals surface area contributed by atoms with Gasteiger partial charge in [0.2, 0.25) is 5.91 Å². The number of nitrogens with zero attached hydrogens (tertiary/aromatic N) is 1. The Morgan fingerprint density at radius 1 is 1.00 bits per heavy atom. The topological polar surface area (TPSA) is 69.6 Å². The molecule has 0 bridgehead atoms. The Labute approximate surface area is 114 Å². The lowest BCUT2D eigenvalue weighted by molar-refractivity contribution is -0.138. The minimum Gasteiger partial charge on any atom is -0.481 e. The molecule has 1 amide bonds. The van der Waals surface area contributed by atoms with Crippen molar-refractivity contribution in [1.29, 1.82) is 0 Å². The van der Waals surface area contributed by atoms with E-state index >= 15 is 0 Å². The van der Waals surface area contributed by atoms with Crippen LogP contribution in [0, 0.1) is 11.8 Å². The van der Waals surface area contributed by atoms with E-state index in [0.29, 0.717) is 12.3 Å². The van der Waals surface area contributed by atoms with Gasteiger partial charge < -0.3 is 15.3 Å². The van der Waals surface area contributed by atoms with Crippen LogP contribution in [-0.2, 0) is 9.59 Å². The second-order valence-corrected chi connectivity index (χ2v) is 5.82. The van der Waals surface area contributed by atoms with Crippen LogP contribution in [0.5, 0.6) is 0 Å². The van der Waals surface area contributed by atoms with Crippen LogP contribution < -0.4 is 5.32 Å². The zero-order chi connectivity index (χ0) is 13.7. The van der Waals surface area contributed by atoms with Gasteiger partial charge in [0, 0.05) is 25.9 Å². The molecule has 2 fully saturated rings. The number of carbonyl (C=O) groups excluding carboxylic acids is 1. The van der Waals surface area contributed by atoms with Crippen molar-refractivity contribution in [1.82, 2.24) is 10.2 Å². The average molecular weight is 268 g/mol. The number of amides is 1. The summed E-state index contributed by atoms with van der Waals surface area (Å²) in [7, 11) is 0. The Bertz CT molecular complexity index is 319. The largest absolute Gasteiger partial charge is 0.481 e. The van der Waals surface area contributed by atoms with Gasteiger partial charge in [0.1, 0.15) is 0 Å². The SMILES string of the molecule is O=C(O)CC1CCN(C(=O)CC2CCNCC2)CC1. The Hall–Kier alpha value is -1.10. The molecule has 0 aliphatic carbocycles. The van der Waals surface area contributed by atoms with Crippen LogP contribution >= 0.6 is 0 Å². The Morgan fingerprint density at radius 3 is 2.16 bits per heavy atom. The molecule has 0 atom stereocenters. The van der Waals surface area contributed by atoms with Gasteiger partial charge in [-0.05, 0) is 50.6 Å². The quantitative estimate of drug-likeness (QED) is 0.801. The van der Waals surface area contributed by atoms with Gasteiger partial charge in [0.15, 0.2) is 0 Å². The highest BCUT2D eigenvalue weighted by Crippen LogP contribution is 2.23. The molecule has 0 aromatic rings. The zero-order valence-corrected chi connectivity index (χ0v) is 11.4. The van der Waals surface area contributed by atoms with Gasteiger partial charge in [-0.25, -0.2) is 0 Å². The van der Waals surface area contributed by atoms with Crippen molar-refractivity contribution < 1.29 is 14.7 Å². The Morgan fingerprint density at radius 2 is 1.58 bits per heavy atom. The molecule has 2 saturated heterocycles. The molecule has 108 valence electrons. The lowest BCUT2D eigenvalue weighted by atomic mass is 9.91. The molecule has 0 aromatic carbocycles. The third-order valence-corrected chi connectivity index (χ3v) is 4.35. The fourth-order valence-electron chi connectivity index (χ4n) is 3.10. The lowest BCUT2D eigenvalue weighted by Gasteiger charge is -2.33. The second-order valence-electron chi connectivity index (χ2n) is 5.82. The molecular weight excluding hydrogens is 244 g/mol. The summed E-state index contributed by atoms with van der Waals surface area (Å²) in [6.07, 6.45) is 4.79. The van der Waals surface area contributed by atoms with Crippen molar-refractivity contribution in [2.24, 2.45) is 11.8 Å². The van der Waals surface area contributed by atoms with Crippen molar-refractivity contribution in [3.05, 3.63) is 0 Å². The van der Waals surface area contributed by atoms with E-state index < -0.39 is 5.97 Å². The molecule has 2 N–H and O–H groups in total. The van der Waals surface area contributed by atoms with E-state index in [4.69, 9.17) is 5.11 Å². The summed E-state index contributed by atoms with van der Waals surface area (Å²) in [6, 6.07) is 0. The van der Waals surface area contributed by atoms with Gasteiger partial charge in [0.05, 0.1) is 0 Å². The number of nitrogens with one attached hydrogen (secondary N) is 1. The number of piperidine rings is 2. The molecule has 0 aromatic heterocycles. The van der Waals surface area contributed by atoms with E-state index in [1.54, 1.807) is 0 Å². The number of aliphatic carboxylic acids is 1. The fourth-order valence-corrected chi connectivity index (χ4v) is 3.10. The molecule has 19 heavy (non-hydrogen) atoms. The number of hydrogen-bond acceptors (Lipinski definition) is 3. The molecule has 2 aliphatic rings. The van der Waals surface area contributed by atoms with Crippen LogP contribution in [0.1, 0.15) is 38.5 Å². The molecule has 5 nitrogen and oxygen atoms in total. The number of carbonyl (C=O) groups is 2. The van der Waals surface area contributed by atoms with Gasteiger partial charge >= 0.3 is 5.97 Å². The summed E-state index contributed by atoms with van der Waals surface area (Å²) in [5, 5.41) is 12.1. The van der Waals surface area contributed by atoms with Crippen molar-refractivity contribution in [2.45, 2.75) is 38.5 Å². The average Bonchev–Trinajstić information content (AvgIpc) is 2.40. The summed E-state index contributed by atoms with van der Waals surface area (Å²) in [6.45, 7) is 3.53. The van der Waals surface area contributed by atoms with Gasteiger partial charge in [0.25, 0.3) is 0 Å². The van der Waals surface area contributed by atoms with E-state index in [0.717, 1.165) is 51.9 Å². The van der Waals surface area contributed by atoms with Crippen LogP contribution in [0.15, 0.2) is 0 Å². The van der Waals surface area contributed by atoms with Gasteiger partial charge in [-0.15, -0.1) is 0 Å². The van der Waals surface area contributed by atoms with Crippen LogP contribution in [0.4, 0.5) is 0 Å². The monoisotopic (exact) mass is 268 g/mol. The molecule has 0 unspecified atom stereocenters. The first kappa shape index (κ1) is 14.3. The summed E-state index contributed by atoms with van der Waals surface area (Å²) in [5.74, 6) is 0.325. The summed E-state index contributed by atoms with van der Waals surface area (Å²) in [5.41, 5.74) is 0. The fraction of sp³-hybridized carbons (Fsp3) is 0.857. The number of rotatable bonds is 4. The maximum Gasteiger partial charge on any atom is 0.303 e. The number of likely N-dealkylation sites (tertiary alicyclic amines) is 1. The van der Waals surface area contributed by atoms with Crippen LogP contribution in [0.3, 0.4) is 0 Å². The van der Waals surface area contributed by atoms with Crippen LogP contribution in [0.25, 0.3) is 0 Å². The predicted molar refractivity (Wildman–Crippen MR) is 71.8 cm³/mol. The van der Waals surface area contributed by atoms with E-state index in [1.807, 2.05) is 4.90 Å². The highest BCUT2D eigenvalue weighted by atomic mass is 16.4. The highest BCUT2D eigenvalue weighted by Gasteiger charge is 2.26. The minimum atomic E-state index is -0.723. The molecule has 0 saturated carbocycles. The minimum absolute atomic E-state index is 0.246. The second kappa shape index (κ2) is 6.89. The van der Waals surface area contributed by atoms with Crippen molar-refractivity contribution >= 4 is 11.9 Å². The van der Waals surface area contributed by atoms with E-state index in [9.17, 15) is 9.59 Å². The molecule has 0 radical (unpaired) electrons. The molecule has 0 spiro atoms. The molecular formula is C14H24N2O3. The van der Waals surface area contributed by atoms with E-state index in [1.165, 1.54) is 0 Å². The zero-order valence-electron chi connectivity index (χ0n) is 11.4. The normalized spacial score (nSPS) is 22.4. The predicted octanol–water partition coefficient (Wildman–Crippen LogP) is 1.09. The molecule has 2 rings (SSSR count). The lowest BCUT2D eigenvalue weighted by Crippen LogP contribution is -2.40. The summed E-state index contributed by atoms with van der Waals surface area (Å²) < 4.78 is 0. The first-order valence-electron chi connectivity index (χ1n) is 7.35. The van der Waals surface area contributed by atoms with Crippen molar-refractivity contribution in [3.8, 4) is 0 Å². The Balaban J connectivity index is 1.71. The number of carboxylic acid groups (broad SMARTS) is 1. The third-order valence-electron chi connectivity index (χ3n) is 4.35. The summed E-state index contributed by atoms with van der Waals surface area (Å²) >= 11 is 0. The van der Waals surface area contributed by atoms with Crippen LogP contribution in [0.2, 0.25) is 0 Å². The van der Waals surface area contributed by atoms with Gasteiger partial charge in [-0.1, -0.05) is 0 Å². The first-order valence-corrected chi connectivity index (χ1v) is 7.35. The smallest absolute Gasteiger partial charge is 0.303 e. The standard InChI is InChI=1S/C14H24N2O3/c17-13(9-11-1-5-15-6-2-11)16-7-3-12(4-8-16)10-14(18)19/h11-12,15H,1-10H2,(H,18,19). The summed E-state index contributed by atoms with van der Waals surface area (Å²) in [4.78, 5) is 24.8. The number of carboxylic acids is 1. The highest BCUT2D eigenvalue weighted by molar-refractivity contribution is 5.76. The number of hydrogen-bond donors (Lipinski definition) is 2. The molecule has 5 heteroatoms. The molecule has 2 aliphatic heterocycles. The maximum absolute atomic E-state index is 12.2.